The van der Waals surface area contributed by atoms with Gasteiger partial charge in [-0.15, -0.1) is 0 Å². The Bertz CT molecular complexity index is 430. The van der Waals surface area contributed by atoms with Gasteiger partial charge in [-0.25, -0.2) is 0 Å². The van der Waals surface area contributed by atoms with Gasteiger partial charge in [0.25, 0.3) is 0 Å². The molecule has 0 saturated heterocycles. The molecule has 1 atom stereocenters. The van der Waals surface area contributed by atoms with Gasteiger partial charge in [-0.1, -0.05) is 38.1 Å². The molecule has 1 aromatic carbocycles. The average Bonchev–Trinajstić information content (AvgIpc) is 2.80. The van der Waals surface area contributed by atoms with Crippen molar-refractivity contribution in [1.29, 1.82) is 5.41 Å². The van der Waals surface area contributed by atoms with Crippen LogP contribution in [0, 0.1) is 5.41 Å². The lowest BCUT2D eigenvalue weighted by molar-refractivity contribution is 0.205. The van der Waals surface area contributed by atoms with Crippen LogP contribution in [0.4, 0.5) is 0 Å². The van der Waals surface area contributed by atoms with Gasteiger partial charge in [0.1, 0.15) is 0 Å². The lowest BCUT2D eigenvalue weighted by atomic mass is 10.0. The Morgan fingerprint density at radius 2 is 2.11 bits per heavy atom. The lowest BCUT2D eigenvalue weighted by Gasteiger charge is -2.25. The van der Waals surface area contributed by atoms with Crippen LogP contribution < -0.4 is 10.6 Å². The standard InChI is InChI=1S/C15H24N4/c1-3-9-17-15(16)18-11-19-10-12-7-5-6-8-13(12)14(19)4-2/h5-8,14H,3-4,9-11H2,1-2H3,(H3,16,17,18). The van der Waals surface area contributed by atoms with Crippen molar-refractivity contribution >= 4 is 5.96 Å². The number of hydrogen-bond acceptors (Lipinski definition) is 2. The summed E-state index contributed by atoms with van der Waals surface area (Å²) in [4.78, 5) is 2.40. The van der Waals surface area contributed by atoms with Crippen LogP contribution in [0.3, 0.4) is 0 Å². The molecule has 0 saturated carbocycles. The van der Waals surface area contributed by atoms with E-state index in [1.807, 2.05) is 0 Å². The van der Waals surface area contributed by atoms with E-state index < -0.39 is 0 Å². The monoisotopic (exact) mass is 260 g/mol. The maximum atomic E-state index is 7.79. The zero-order chi connectivity index (χ0) is 13.7. The molecule has 1 aliphatic rings. The van der Waals surface area contributed by atoms with Crippen LogP contribution in [-0.4, -0.2) is 24.1 Å². The predicted octanol–water partition coefficient (Wildman–Crippen LogP) is 2.43. The highest BCUT2D eigenvalue weighted by atomic mass is 15.3. The van der Waals surface area contributed by atoms with E-state index in [1.54, 1.807) is 0 Å². The zero-order valence-electron chi connectivity index (χ0n) is 11.9. The summed E-state index contributed by atoms with van der Waals surface area (Å²) in [5.41, 5.74) is 2.86. The zero-order valence-corrected chi connectivity index (χ0v) is 11.9. The fourth-order valence-corrected chi connectivity index (χ4v) is 2.67. The van der Waals surface area contributed by atoms with Crippen LogP contribution in [-0.2, 0) is 6.54 Å². The topological polar surface area (TPSA) is 51.2 Å². The number of nitrogens with one attached hydrogen (secondary N) is 3. The molecule has 1 aliphatic heterocycles. The molecular formula is C15H24N4. The molecule has 1 unspecified atom stereocenters. The minimum atomic E-state index is 0.424. The Morgan fingerprint density at radius 1 is 1.32 bits per heavy atom. The molecule has 0 aromatic heterocycles. The van der Waals surface area contributed by atoms with Crippen LogP contribution in [0.15, 0.2) is 24.3 Å². The van der Waals surface area contributed by atoms with Crippen LogP contribution in [0.25, 0.3) is 0 Å². The summed E-state index contributed by atoms with van der Waals surface area (Å²) >= 11 is 0. The van der Waals surface area contributed by atoms with E-state index in [9.17, 15) is 0 Å². The third-order valence-corrected chi connectivity index (χ3v) is 3.63. The van der Waals surface area contributed by atoms with Gasteiger partial charge >= 0.3 is 0 Å². The van der Waals surface area contributed by atoms with Crippen LogP contribution in [0.2, 0.25) is 0 Å². The quantitative estimate of drug-likeness (QED) is 0.563. The Labute approximate surface area is 115 Å². The smallest absolute Gasteiger partial charge is 0.189 e. The highest BCUT2D eigenvalue weighted by Gasteiger charge is 2.27. The molecule has 0 radical (unpaired) electrons. The maximum Gasteiger partial charge on any atom is 0.189 e. The third-order valence-electron chi connectivity index (χ3n) is 3.63. The summed E-state index contributed by atoms with van der Waals surface area (Å²) in [6.07, 6.45) is 2.14. The molecule has 1 heterocycles. The molecular weight excluding hydrogens is 236 g/mol. The van der Waals surface area contributed by atoms with E-state index >= 15 is 0 Å². The van der Waals surface area contributed by atoms with Crippen molar-refractivity contribution in [2.24, 2.45) is 0 Å². The Balaban J connectivity index is 1.90. The van der Waals surface area contributed by atoms with Gasteiger partial charge in [-0.05, 0) is 24.0 Å². The molecule has 0 fully saturated rings. The predicted molar refractivity (Wildman–Crippen MR) is 79.0 cm³/mol. The highest BCUT2D eigenvalue weighted by molar-refractivity contribution is 5.76. The van der Waals surface area contributed by atoms with Gasteiger partial charge in [0.15, 0.2) is 5.96 Å². The molecule has 1 aromatic rings. The summed E-state index contributed by atoms with van der Waals surface area (Å²) < 4.78 is 0. The largest absolute Gasteiger partial charge is 0.357 e. The summed E-state index contributed by atoms with van der Waals surface area (Å²) in [7, 11) is 0. The minimum Gasteiger partial charge on any atom is -0.357 e. The van der Waals surface area contributed by atoms with Crippen molar-refractivity contribution in [3.8, 4) is 0 Å². The van der Waals surface area contributed by atoms with Crippen molar-refractivity contribution in [2.75, 3.05) is 13.2 Å². The van der Waals surface area contributed by atoms with Gasteiger partial charge in [0.05, 0.1) is 6.67 Å². The number of nitrogens with zero attached hydrogens (tertiary/aromatic N) is 1. The minimum absolute atomic E-state index is 0.424. The first-order valence-electron chi connectivity index (χ1n) is 7.14. The van der Waals surface area contributed by atoms with E-state index in [2.05, 4.69) is 53.6 Å². The molecule has 0 amide bonds. The number of guanidine groups is 1. The molecule has 19 heavy (non-hydrogen) atoms. The Morgan fingerprint density at radius 3 is 2.84 bits per heavy atom. The van der Waals surface area contributed by atoms with Gasteiger partial charge in [0.2, 0.25) is 0 Å². The van der Waals surface area contributed by atoms with E-state index in [-0.39, 0.29) is 0 Å². The molecule has 4 nitrogen and oxygen atoms in total. The van der Waals surface area contributed by atoms with Gasteiger partial charge in [0, 0.05) is 19.1 Å². The fourth-order valence-electron chi connectivity index (χ4n) is 2.67. The second-order valence-corrected chi connectivity index (χ2v) is 5.01. The molecule has 0 bridgehead atoms. The Hall–Kier alpha value is -1.55. The van der Waals surface area contributed by atoms with Crippen molar-refractivity contribution in [1.82, 2.24) is 15.5 Å². The normalized spacial score (nSPS) is 18.1. The van der Waals surface area contributed by atoms with Crippen molar-refractivity contribution in [3.63, 3.8) is 0 Å². The average molecular weight is 260 g/mol. The second-order valence-electron chi connectivity index (χ2n) is 5.01. The van der Waals surface area contributed by atoms with E-state index in [0.717, 1.165) is 32.6 Å². The SMILES string of the molecule is CCCNC(=N)NCN1Cc2ccccc2C1CC. The molecule has 4 heteroatoms. The first-order valence-corrected chi connectivity index (χ1v) is 7.14. The second kappa shape index (κ2) is 6.57. The molecule has 2 rings (SSSR count). The first kappa shape index (κ1) is 13.9. The Kier molecular flexibility index (Phi) is 4.80. The van der Waals surface area contributed by atoms with Gasteiger partial charge < -0.3 is 10.6 Å². The van der Waals surface area contributed by atoms with E-state index in [1.165, 1.54) is 11.1 Å². The molecule has 0 spiro atoms. The maximum absolute atomic E-state index is 7.79. The van der Waals surface area contributed by atoms with Crippen LogP contribution >= 0.6 is 0 Å². The van der Waals surface area contributed by atoms with Crippen LogP contribution in [0.5, 0.6) is 0 Å². The lowest BCUT2D eigenvalue weighted by Crippen LogP contribution is -2.42. The third kappa shape index (κ3) is 3.26. The van der Waals surface area contributed by atoms with Crippen molar-refractivity contribution in [3.05, 3.63) is 35.4 Å². The van der Waals surface area contributed by atoms with Gasteiger partial charge in [-0.3, -0.25) is 10.3 Å². The van der Waals surface area contributed by atoms with Crippen molar-refractivity contribution < 1.29 is 0 Å². The van der Waals surface area contributed by atoms with Crippen LogP contribution in [0.1, 0.15) is 43.9 Å². The fraction of sp³-hybridized carbons (Fsp3) is 0.533. The molecule has 3 N–H and O–H groups in total. The summed E-state index contributed by atoms with van der Waals surface area (Å²) in [5.74, 6) is 0.424. The first-order chi connectivity index (χ1) is 9.26. The highest BCUT2D eigenvalue weighted by Crippen LogP contribution is 2.34. The van der Waals surface area contributed by atoms with Gasteiger partial charge in [-0.2, -0.15) is 0 Å². The van der Waals surface area contributed by atoms with Crippen molar-refractivity contribution in [2.45, 2.75) is 39.3 Å². The van der Waals surface area contributed by atoms with E-state index in [4.69, 9.17) is 5.41 Å². The number of hydrogen-bond donors (Lipinski definition) is 3. The summed E-state index contributed by atoms with van der Waals surface area (Å²) in [6.45, 7) is 6.87. The molecule has 104 valence electrons. The summed E-state index contributed by atoms with van der Waals surface area (Å²) in [5, 5.41) is 14.0. The van der Waals surface area contributed by atoms with E-state index in [0.29, 0.717) is 12.0 Å². The number of benzene rings is 1. The number of rotatable bonds is 5. The number of fused-ring (bicyclic) bond motifs is 1. The summed E-state index contributed by atoms with van der Waals surface area (Å²) in [6, 6.07) is 9.13. The molecule has 0 aliphatic carbocycles.